The molecule has 0 aliphatic carbocycles. The summed E-state index contributed by atoms with van der Waals surface area (Å²) in [5, 5.41) is 0. The molecular weight excluding hydrogens is 136 g/mol. The van der Waals surface area contributed by atoms with Crippen LogP contribution in [0.1, 0.15) is 0 Å². The summed E-state index contributed by atoms with van der Waals surface area (Å²) in [5.41, 5.74) is 4.09. The second-order valence-corrected chi connectivity index (χ2v) is 1.83. The lowest BCUT2D eigenvalue weighted by Crippen LogP contribution is -2.53. The third-order valence-electron chi connectivity index (χ3n) is 1.13. The van der Waals surface area contributed by atoms with Gasteiger partial charge in [0, 0.05) is 0 Å². The molecule has 1 aromatic rings. The highest BCUT2D eigenvalue weighted by atomic mass is 16.2. The minimum absolute atomic E-state index is 0.0359. The van der Waals surface area contributed by atoms with Gasteiger partial charge < -0.3 is 5.73 Å². The van der Waals surface area contributed by atoms with Gasteiger partial charge in [0.15, 0.2) is 0 Å². The SMILES string of the molecule is C[n+]1c(N)[nH]c(=O)[nH]c1=O. The molecule has 1 heterocycles. The quantitative estimate of drug-likeness (QED) is 0.349. The normalized spacial score (nSPS) is 9.70. The van der Waals surface area contributed by atoms with Crippen LogP contribution < -0.4 is 21.7 Å². The average molecular weight is 143 g/mol. The summed E-state index contributed by atoms with van der Waals surface area (Å²) in [5.74, 6) is 0.0359. The number of hydrogen-bond donors (Lipinski definition) is 3. The smallest absolute Gasteiger partial charge is 0.310 e. The summed E-state index contributed by atoms with van der Waals surface area (Å²) < 4.78 is 1.10. The first-order valence-electron chi connectivity index (χ1n) is 2.59. The third-order valence-corrected chi connectivity index (χ3v) is 1.13. The van der Waals surface area contributed by atoms with E-state index in [2.05, 4.69) is 4.98 Å². The van der Waals surface area contributed by atoms with E-state index in [1.165, 1.54) is 7.05 Å². The number of nitrogens with zero attached hydrogens (tertiary/aromatic N) is 1. The molecule has 1 rings (SSSR count). The number of anilines is 1. The van der Waals surface area contributed by atoms with Gasteiger partial charge >= 0.3 is 17.3 Å². The minimum Gasteiger partial charge on any atom is -0.310 e. The predicted molar refractivity (Wildman–Crippen MR) is 33.3 cm³/mol. The van der Waals surface area contributed by atoms with Crippen LogP contribution in [-0.4, -0.2) is 9.97 Å². The van der Waals surface area contributed by atoms with Gasteiger partial charge in [-0.3, -0.25) is 0 Å². The molecule has 6 nitrogen and oxygen atoms in total. The number of hydrogen-bond acceptors (Lipinski definition) is 3. The fourth-order valence-electron chi connectivity index (χ4n) is 0.522. The highest BCUT2D eigenvalue weighted by molar-refractivity contribution is 5.00. The number of nitrogen functional groups attached to an aromatic ring is 1. The van der Waals surface area contributed by atoms with Gasteiger partial charge in [-0.2, -0.15) is 9.55 Å². The molecular formula is C4H7N4O2+. The zero-order chi connectivity index (χ0) is 7.72. The van der Waals surface area contributed by atoms with Crippen LogP contribution in [0.5, 0.6) is 0 Å². The van der Waals surface area contributed by atoms with Crippen molar-refractivity contribution in [3.63, 3.8) is 0 Å². The summed E-state index contributed by atoms with van der Waals surface area (Å²) in [4.78, 5) is 25.3. The molecule has 0 atom stereocenters. The zero-order valence-corrected chi connectivity index (χ0v) is 5.34. The van der Waals surface area contributed by atoms with Crippen molar-refractivity contribution >= 4 is 5.95 Å². The zero-order valence-electron chi connectivity index (χ0n) is 5.34. The van der Waals surface area contributed by atoms with Gasteiger partial charge in [0.1, 0.15) is 0 Å². The Balaban J connectivity index is 3.62. The standard InChI is InChI=1S/C4H6N4O2/c1-8-2(5)6-3(9)7-4(8)10/h1H3,(H3,5,6,7,9,10)/p+1. The molecule has 1 aromatic heterocycles. The van der Waals surface area contributed by atoms with Crippen LogP contribution in [0, 0.1) is 0 Å². The largest absolute Gasteiger partial charge is 0.418 e. The van der Waals surface area contributed by atoms with E-state index in [0.29, 0.717) is 0 Å². The van der Waals surface area contributed by atoms with Gasteiger partial charge in [-0.25, -0.2) is 14.6 Å². The van der Waals surface area contributed by atoms with Gasteiger partial charge in [-0.1, -0.05) is 0 Å². The number of H-pyrrole nitrogens is 2. The Kier molecular flexibility index (Phi) is 1.29. The van der Waals surface area contributed by atoms with E-state index in [0.717, 1.165) is 4.57 Å². The molecule has 0 saturated carbocycles. The van der Waals surface area contributed by atoms with Crippen LogP contribution in [0.3, 0.4) is 0 Å². The Morgan fingerprint density at radius 1 is 1.40 bits per heavy atom. The number of nitrogens with one attached hydrogen (secondary N) is 2. The first-order chi connectivity index (χ1) is 4.61. The molecule has 0 aromatic carbocycles. The van der Waals surface area contributed by atoms with Crippen molar-refractivity contribution in [3.8, 4) is 0 Å². The molecule has 0 aliphatic heterocycles. The Morgan fingerprint density at radius 2 is 2.00 bits per heavy atom. The molecule has 0 unspecified atom stereocenters. The van der Waals surface area contributed by atoms with Crippen molar-refractivity contribution in [2.45, 2.75) is 0 Å². The first-order valence-corrected chi connectivity index (χ1v) is 2.59. The van der Waals surface area contributed by atoms with Gasteiger partial charge in [0.05, 0.1) is 7.05 Å². The van der Waals surface area contributed by atoms with Crippen LogP contribution in [0.2, 0.25) is 0 Å². The van der Waals surface area contributed by atoms with E-state index >= 15 is 0 Å². The molecule has 0 fully saturated rings. The summed E-state index contributed by atoms with van der Waals surface area (Å²) in [7, 11) is 1.45. The first kappa shape index (κ1) is 6.53. The van der Waals surface area contributed by atoms with Crippen molar-refractivity contribution in [2.24, 2.45) is 7.05 Å². The van der Waals surface area contributed by atoms with Crippen molar-refractivity contribution in [3.05, 3.63) is 21.0 Å². The predicted octanol–water partition coefficient (Wildman–Crippen LogP) is -2.53. The number of aromatic amines is 2. The van der Waals surface area contributed by atoms with Gasteiger partial charge in [-0.05, 0) is 0 Å². The molecule has 4 N–H and O–H groups in total. The van der Waals surface area contributed by atoms with E-state index in [1.807, 2.05) is 4.98 Å². The van der Waals surface area contributed by atoms with Gasteiger partial charge in [0.25, 0.3) is 0 Å². The molecule has 10 heavy (non-hydrogen) atoms. The van der Waals surface area contributed by atoms with E-state index < -0.39 is 11.4 Å². The minimum atomic E-state index is -0.597. The summed E-state index contributed by atoms with van der Waals surface area (Å²) in [6.07, 6.45) is 0. The van der Waals surface area contributed by atoms with Crippen molar-refractivity contribution < 1.29 is 4.57 Å². The van der Waals surface area contributed by atoms with Crippen LogP contribution in [-0.2, 0) is 7.05 Å². The van der Waals surface area contributed by atoms with E-state index in [1.54, 1.807) is 0 Å². The Hall–Kier alpha value is -1.59. The second kappa shape index (κ2) is 1.98. The summed E-state index contributed by atoms with van der Waals surface area (Å²) in [6, 6.07) is 0. The topological polar surface area (TPSA) is 95.6 Å². The molecule has 6 heteroatoms. The van der Waals surface area contributed by atoms with Crippen molar-refractivity contribution in [2.75, 3.05) is 5.73 Å². The molecule has 0 amide bonds. The summed E-state index contributed by atoms with van der Waals surface area (Å²) >= 11 is 0. The Bertz CT molecular complexity index is 349. The molecule has 0 aliphatic rings. The Morgan fingerprint density at radius 3 is 2.50 bits per heavy atom. The summed E-state index contributed by atoms with van der Waals surface area (Å²) in [6.45, 7) is 0. The highest BCUT2D eigenvalue weighted by Gasteiger charge is 2.02. The molecule has 0 bridgehead atoms. The maximum atomic E-state index is 10.7. The second-order valence-electron chi connectivity index (χ2n) is 1.83. The number of rotatable bonds is 0. The fraction of sp³-hybridized carbons (Fsp3) is 0.250. The Labute approximate surface area is 55.3 Å². The van der Waals surface area contributed by atoms with Crippen LogP contribution in [0.4, 0.5) is 5.95 Å². The highest BCUT2D eigenvalue weighted by Crippen LogP contribution is 1.66. The van der Waals surface area contributed by atoms with E-state index in [9.17, 15) is 9.59 Å². The monoisotopic (exact) mass is 143 g/mol. The molecule has 0 radical (unpaired) electrons. The van der Waals surface area contributed by atoms with E-state index in [-0.39, 0.29) is 5.95 Å². The lowest BCUT2D eigenvalue weighted by molar-refractivity contribution is -0.677. The maximum absolute atomic E-state index is 10.7. The van der Waals surface area contributed by atoms with Gasteiger partial charge in [-0.15, -0.1) is 0 Å². The third kappa shape index (κ3) is 0.903. The van der Waals surface area contributed by atoms with Crippen LogP contribution in [0.15, 0.2) is 9.59 Å². The van der Waals surface area contributed by atoms with Gasteiger partial charge in [0.2, 0.25) is 0 Å². The molecule has 54 valence electrons. The maximum Gasteiger partial charge on any atom is 0.418 e. The van der Waals surface area contributed by atoms with Crippen molar-refractivity contribution in [1.82, 2.24) is 9.97 Å². The number of nitrogens with two attached hydrogens (primary N) is 1. The molecule has 0 spiro atoms. The average Bonchev–Trinajstić information content (AvgIpc) is 1.82. The fourth-order valence-corrected chi connectivity index (χ4v) is 0.522. The van der Waals surface area contributed by atoms with Crippen molar-refractivity contribution in [1.29, 1.82) is 0 Å². The molecule has 0 saturated heterocycles. The number of aromatic nitrogens is 3. The van der Waals surface area contributed by atoms with E-state index in [4.69, 9.17) is 5.73 Å². The lowest BCUT2D eigenvalue weighted by atomic mass is 10.9. The lowest BCUT2D eigenvalue weighted by Gasteiger charge is -1.89. The van der Waals surface area contributed by atoms with Crippen LogP contribution in [0.25, 0.3) is 0 Å². The van der Waals surface area contributed by atoms with Crippen LogP contribution >= 0.6 is 0 Å².